The lowest BCUT2D eigenvalue weighted by Crippen LogP contribution is -1.76. The van der Waals surface area contributed by atoms with E-state index in [1.807, 2.05) is 72.8 Å². The number of aromatic hydroxyl groups is 1. The molecule has 0 aliphatic carbocycles. The molecule has 0 aliphatic heterocycles. The van der Waals surface area contributed by atoms with Gasteiger partial charge >= 0.3 is 0 Å². The molecular weight excluding hydrogens is 410 g/mol. The molecule has 0 saturated carbocycles. The van der Waals surface area contributed by atoms with Gasteiger partial charge in [-0.3, -0.25) is 0 Å². The first-order valence-corrected chi connectivity index (χ1v) is 9.55. The normalized spacial score (nSPS) is 11.4. The number of hydrogen-bond acceptors (Lipinski definition) is 4. The minimum absolute atomic E-state index is 0.0172. The number of azo groups is 1. The summed E-state index contributed by atoms with van der Waals surface area (Å²) in [5, 5.41) is 19.7. The van der Waals surface area contributed by atoms with Crippen LogP contribution >= 0.6 is 27.7 Å². The number of H-pyrrole nitrogens is 1. The van der Waals surface area contributed by atoms with Crippen molar-refractivity contribution in [3.63, 3.8) is 0 Å². The van der Waals surface area contributed by atoms with E-state index in [0.29, 0.717) is 5.69 Å². The van der Waals surface area contributed by atoms with Crippen LogP contribution in [0.3, 0.4) is 0 Å². The Morgan fingerprint density at radius 3 is 2.38 bits per heavy atom. The second-order valence-electron chi connectivity index (χ2n) is 5.59. The third kappa shape index (κ3) is 3.52. The lowest BCUT2D eigenvalue weighted by molar-refractivity contribution is 0.459. The van der Waals surface area contributed by atoms with Gasteiger partial charge in [-0.1, -0.05) is 52.0 Å². The Morgan fingerprint density at radius 2 is 1.62 bits per heavy atom. The fraction of sp³-hybridized carbons (Fsp3) is 0. The molecule has 4 aromatic rings. The number of fused-ring (bicyclic) bond motifs is 1. The van der Waals surface area contributed by atoms with Crippen LogP contribution in [-0.2, 0) is 0 Å². The zero-order valence-corrected chi connectivity index (χ0v) is 16.0. The standard InChI is InChI=1S/C20H14BrN3OS/c21-13-9-11-15(12-10-13)26-17-8-4-7-16-18(17)19(20(25)22-16)24-23-14-5-2-1-3-6-14/h1-12,22,25H. The van der Waals surface area contributed by atoms with Crippen molar-refractivity contribution in [3.05, 3.63) is 77.3 Å². The average molecular weight is 424 g/mol. The number of nitrogens with one attached hydrogen (secondary N) is 1. The van der Waals surface area contributed by atoms with Crippen molar-refractivity contribution in [2.24, 2.45) is 10.2 Å². The van der Waals surface area contributed by atoms with Crippen molar-refractivity contribution < 1.29 is 5.11 Å². The number of hydrogen-bond donors (Lipinski definition) is 2. The number of benzene rings is 3. The van der Waals surface area contributed by atoms with E-state index in [0.717, 1.165) is 30.9 Å². The zero-order chi connectivity index (χ0) is 17.9. The van der Waals surface area contributed by atoms with Gasteiger partial charge in [-0.2, -0.15) is 5.11 Å². The molecule has 1 heterocycles. The van der Waals surface area contributed by atoms with E-state index in [1.54, 1.807) is 11.8 Å². The van der Waals surface area contributed by atoms with Crippen LogP contribution in [0.5, 0.6) is 5.88 Å². The number of rotatable bonds is 4. The highest BCUT2D eigenvalue weighted by molar-refractivity contribution is 9.10. The van der Waals surface area contributed by atoms with Gasteiger partial charge in [0.25, 0.3) is 0 Å². The van der Waals surface area contributed by atoms with E-state index < -0.39 is 0 Å². The summed E-state index contributed by atoms with van der Waals surface area (Å²) in [5.74, 6) is 0.0172. The Hall–Kier alpha value is -2.57. The molecule has 0 atom stereocenters. The Bertz CT molecular complexity index is 1080. The SMILES string of the molecule is Oc1[nH]c2cccc(Sc3ccc(Br)cc3)c2c1N=Nc1ccccc1. The molecule has 0 spiro atoms. The average Bonchev–Trinajstić information content (AvgIpc) is 2.99. The lowest BCUT2D eigenvalue weighted by Gasteiger charge is -2.04. The van der Waals surface area contributed by atoms with Crippen LogP contribution in [-0.4, -0.2) is 10.1 Å². The zero-order valence-electron chi connectivity index (χ0n) is 13.6. The van der Waals surface area contributed by atoms with Crippen LogP contribution in [0, 0.1) is 0 Å². The molecule has 0 saturated heterocycles. The maximum absolute atomic E-state index is 10.3. The molecule has 6 heteroatoms. The number of halogens is 1. The molecule has 0 amide bonds. The molecule has 4 rings (SSSR count). The largest absolute Gasteiger partial charge is 0.493 e. The van der Waals surface area contributed by atoms with Gasteiger partial charge in [-0.15, -0.1) is 5.11 Å². The van der Waals surface area contributed by atoms with Gasteiger partial charge in [0.05, 0.1) is 11.2 Å². The van der Waals surface area contributed by atoms with Crippen molar-refractivity contribution in [2.45, 2.75) is 9.79 Å². The van der Waals surface area contributed by atoms with E-state index in [9.17, 15) is 5.11 Å². The molecule has 0 bridgehead atoms. The Labute approximate surface area is 163 Å². The lowest BCUT2D eigenvalue weighted by atomic mass is 10.2. The third-order valence-corrected chi connectivity index (χ3v) is 5.40. The highest BCUT2D eigenvalue weighted by atomic mass is 79.9. The quantitative estimate of drug-likeness (QED) is 0.340. The van der Waals surface area contributed by atoms with Crippen molar-refractivity contribution in [3.8, 4) is 5.88 Å². The minimum Gasteiger partial charge on any atom is -0.493 e. The fourth-order valence-corrected chi connectivity index (χ4v) is 3.84. The van der Waals surface area contributed by atoms with Crippen LogP contribution < -0.4 is 0 Å². The fourth-order valence-electron chi connectivity index (χ4n) is 2.60. The van der Waals surface area contributed by atoms with Crippen LogP contribution in [0.25, 0.3) is 10.9 Å². The number of nitrogens with zero attached hydrogens (tertiary/aromatic N) is 2. The summed E-state index contributed by atoms with van der Waals surface area (Å²) >= 11 is 5.07. The summed E-state index contributed by atoms with van der Waals surface area (Å²) in [6.45, 7) is 0. The van der Waals surface area contributed by atoms with Crippen LogP contribution in [0.1, 0.15) is 0 Å². The predicted molar refractivity (Wildman–Crippen MR) is 109 cm³/mol. The summed E-state index contributed by atoms with van der Waals surface area (Å²) in [4.78, 5) is 5.09. The molecule has 4 nitrogen and oxygen atoms in total. The van der Waals surface area contributed by atoms with Gasteiger partial charge in [-0.25, -0.2) is 0 Å². The molecule has 3 aromatic carbocycles. The number of aromatic nitrogens is 1. The predicted octanol–water partition coefficient (Wildman–Crippen LogP) is 7.20. The van der Waals surface area contributed by atoms with Gasteiger partial charge < -0.3 is 10.1 Å². The highest BCUT2D eigenvalue weighted by Crippen LogP contribution is 2.43. The maximum atomic E-state index is 10.3. The molecule has 26 heavy (non-hydrogen) atoms. The smallest absolute Gasteiger partial charge is 0.218 e. The summed E-state index contributed by atoms with van der Waals surface area (Å²) in [7, 11) is 0. The summed E-state index contributed by atoms with van der Waals surface area (Å²) in [5.41, 5.74) is 2.01. The van der Waals surface area contributed by atoms with E-state index in [1.165, 1.54) is 0 Å². The monoisotopic (exact) mass is 423 g/mol. The van der Waals surface area contributed by atoms with E-state index in [2.05, 4.69) is 31.1 Å². The third-order valence-electron chi connectivity index (χ3n) is 3.80. The molecule has 1 aromatic heterocycles. The van der Waals surface area contributed by atoms with Gasteiger partial charge in [0.2, 0.25) is 5.88 Å². The molecule has 0 unspecified atom stereocenters. The topological polar surface area (TPSA) is 60.7 Å². The van der Waals surface area contributed by atoms with Crippen molar-refractivity contribution >= 4 is 50.0 Å². The van der Waals surface area contributed by atoms with E-state index in [4.69, 9.17) is 0 Å². The first kappa shape index (κ1) is 16.9. The molecule has 0 aliphatic rings. The van der Waals surface area contributed by atoms with Crippen LogP contribution in [0.2, 0.25) is 0 Å². The minimum atomic E-state index is 0.0172. The Balaban J connectivity index is 1.77. The second-order valence-corrected chi connectivity index (χ2v) is 7.62. The van der Waals surface area contributed by atoms with Crippen molar-refractivity contribution in [1.82, 2.24) is 4.98 Å². The molecule has 0 radical (unpaired) electrons. The molecule has 0 fully saturated rings. The second kappa shape index (κ2) is 7.35. The number of aromatic amines is 1. The highest BCUT2D eigenvalue weighted by Gasteiger charge is 2.15. The first-order chi connectivity index (χ1) is 12.7. The van der Waals surface area contributed by atoms with E-state index >= 15 is 0 Å². The van der Waals surface area contributed by atoms with Gasteiger partial charge in [-0.05, 0) is 48.5 Å². The summed E-state index contributed by atoms with van der Waals surface area (Å²) < 4.78 is 1.04. The van der Waals surface area contributed by atoms with Gasteiger partial charge in [0, 0.05) is 19.6 Å². The summed E-state index contributed by atoms with van der Waals surface area (Å²) in [6.07, 6.45) is 0. The molecule has 2 N–H and O–H groups in total. The maximum Gasteiger partial charge on any atom is 0.218 e. The van der Waals surface area contributed by atoms with Crippen molar-refractivity contribution in [2.75, 3.05) is 0 Å². The van der Waals surface area contributed by atoms with Crippen molar-refractivity contribution in [1.29, 1.82) is 0 Å². The van der Waals surface area contributed by atoms with Gasteiger partial charge in [0.1, 0.15) is 0 Å². The first-order valence-electron chi connectivity index (χ1n) is 7.94. The Morgan fingerprint density at radius 1 is 0.846 bits per heavy atom. The van der Waals surface area contributed by atoms with Crippen LogP contribution in [0.15, 0.2) is 97.3 Å². The molecular formula is C20H14BrN3OS. The van der Waals surface area contributed by atoms with E-state index in [-0.39, 0.29) is 5.88 Å². The summed E-state index contributed by atoms with van der Waals surface area (Å²) in [6, 6.07) is 23.5. The Kier molecular flexibility index (Phi) is 4.77. The van der Waals surface area contributed by atoms with Crippen LogP contribution in [0.4, 0.5) is 11.4 Å². The van der Waals surface area contributed by atoms with Gasteiger partial charge in [0.15, 0.2) is 5.69 Å². The molecule has 128 valence electrons.